The summed E-state index contributed by atoms with van der Waals surface area (Å²) in [5, 5.41) is 0. The lowest BCUT2D eigenvalue weighted by molar-refractivity contribution is 0.593. The van der Waals surface area contributed by atoms with Crippen LogP contribution in [0.2, 0.25) is 0 Å². The van der Waals surface area contributed by atoms with Crippen molar-refractivity contribution in [2.45, 2.75) is 0 Å². The third-order valence-corrected chi connectivity index (χ3v) is 0. The van der Waals surface area contributed by atoms with Crippen molar-refractivity contribution < 1.29 is 9.09 Å². The van der Waals surface area contributed by atoms with Crippen LogP contribution in [-0.4, -0.2) is 4.89 Å². The van der Waals surface area contributed by atoms with E-state index in [2.05, 4.69) is 0 Å². The molecule has 0 aliphatic rings. The molecule has 0 radical (unpaired) electrons. The van der Waals surface area contributed by atoms with Crippen LogP contribution >= 0.6 is 28.1 Å². The summed E-state index contributed by atoms with van der Waals surface area (Å²) in [4.78, 5) is 7.44. The number of halogens is 2. The normalized spacial score (nSPS) is 15.8. The van der Waals surface area contributed by atoms with Gasteiger partial charge >= 0.3 is 0 Å². The summed E-state index contributed by atoms with van der Waals surface area (Å²) in [6, 6.07) is 0. The fourth-order valence-corrected chi connectivity index (χ4v) is 0. The maximum atomic E-state index is 10.6. The van der Waals surface area contributed by atoms with Crippen LogP contribution in [0.3, 0.4) is 0 Å². The maximum absolute atomic E-state index is 10.6. The highest BCUT2D eigenvalue weighted by Gasteiger charge is 1.81. The second kappa shape index (κ2) is 2.30. The standard InChI is InChI=1S/FHIOP/c1-4(2)3/h3H. The first kappa shape index (κ1) is 5.05. The molecule has 0 saturated carbocycles. The van der Waals surface area contributed by atoms with Crippen LogP contribution < -0.4 is 0 Å². The summed E-state index contributed by atoms with van der Waals surface area (Å²) in [6.45, 7) is 0. The summed E-state index contributed by atoms with van der Waals surface area (Å²) in [6.07, 6.45) is -2.15. The van der Waals surface area contributed by atoms with Gasteiger partial charge in [-0.2, -0.15) is 4.20 Å². The molecule has 0 saturated heterocycles. The monoisotopic (exact) mass is 194 g/mol. The van der Waals surface area contributed by atoms with Crippen molar-refractivity contribution in [2.75, 3.05) is 0 Å². The summed E-state index contributed by atoms with van der Waals surface area (Å²) in [5.41, 5.74) is 0. The van der Waals surface area contributed by atoms with Crippen molar-refractivity contribution in [3.8, 4) is 0 Å². The van der Waals surface area contributed by atoms with Gasteiger partial charge in [0, 0.05) is 22.0 Å². The van der Waals surface area contributed by atoms with Crippen molar-refractivity contribution in [2.24, 2.45) is 0 Å². The highest BCUT2D eigenvalue weighted by Crippen LogP contribution is 2.40. The van der Waals surface area contributed by atoms with E-state index in [1.165, 1.54) is 22.0 Å². The van der Waals surface area contributed by atoms with Crippen molar-refractivity contribution in [3.63, 3.8) is 0 Å². The van der Waals surface area contributed by atoms with E-state index < -0.39 is 6.10 Å². The Morgan fingerprint density at radius 3 is 2.00 bits per heavy atom. The minimum atomic E-state index is -2.15. The molecule has 0 amide bonds. The van der Waals surface area contributed by atoms with Crippen molar-refractivity contribution in [1.82, 2.24) is 0 Å². The highest BCUT2D eigenvalue weighted by molar-refractivity contribution is 14.2. The molecule has 0 aliphatic carbocycles. The molecule has 0 fully saturated rings. The van der Waals surface area contributed by atoms with Crippen molar-refractivity contribution in [3.05, 3.63) is 0 Å². The van der Waals surface area contributed by atoms with E-state index in [9.17, 15) is 4.20 Å². The van der Waals surface area contributed by atoms with Gasteiger partial charge in [0.1, 0.15) is 0 Å². The molecule has 1 N–H and O–H groups in total. The molecule has 0 aliphatic heterocycles. The fraction of sp³-hybridized carbons (Fsp3) is 0. The lowest BCUT2D eigenvalue weighted by Crippen LogP contribution is -1.25. The summed E-state index contributed by atoms with van der Waals surface area (Å²) >= 11 is 1.30. The largest absolute Gasteiger partial charge is 0.339 e. The van der Waals surface area contributed by atoms with E-state index in [4.69, 9.17) is 4.89 Å². The Morgan fingerprint density at radius 1 is 2.00 bits per heavy atom. The van der Waals surface area contributed by atoms with E-state index in [-0.39, 0.29) is 0 Å². The highest BCUT2D eigenvalue weighted by atomic mass is 127. The predicted octanol–water partition coefficient (Wildman–Crippen LogP) is 1.61. The third kappa shape index (κ3) is 11.6. The minimum Gasteiger partial charge on any atom is -0.339 e. The molecule has 1 unspecified atom stereocenters. The molecule has 1 atom stereocenters. The molecule has 0 heterocycles. The molecule has 4 heavy (non-hydrogen) atoms. The molecule has 4 heteroatoms. The van der Waals surface area contributed by atoms with Crippen molar-refractivity contribution >= 4 is 28.1 Å². The lowest BCUT2D eigenvalue weighted by atomic mass is 15.9. The molecule has 1 nitrogen and oxygen atoms in total. The predicted molar refractivity (Wildman–Crippen MR) is 24.3 cm³/mol. The van der Waals surface area contributed by atoms with E-state index in [1.807, 2.05) is 0 Å². The van der Waals surface area contributed by atoms with Crippen LogP contribution in [0.1, 0.15) is 0 Å². The number of rotatable bonds is 0. The van der Waals surface area contributed by atoms with Gasteiger partial charge < -0.3 is 4.89 Å². The second-order valence-corrected chi connectivity index (χ2v) is 3.03. The Labute approximate surface area is 37.6 Å². The topological polar surface area (TPSA) is 20.2 Å². The van der Waals surface area contributed by atoms with Crippen LogP contribution in [0.15, 0.2) is 0 Å². The molecule has 0 rings (SSSR count). The van der Waals surface area contributed by atoms with Gasteiger partial charge in [-0.1, -0.05) is 0 Å². The third-order valence-electron chi connectivity index (χ3n) is 0. The van der Waals surface area contributed by atoms with Gasteiger partial charge in [0.25, 0.3) is 6.10 Å². The van der Waals surface area contributed by atoms with E-state index >= 15 is 0 Å². The van der Waals surface area contributed by atoms with Gasteiger partial charge in [-0.3, -0.25) is 0 Å². The SMILES string of the molecule is OP(F)I. The van der Waals surface area contributed by atoms with E-state index in [0.717, 1.165) is 0 Å². The smallest absolute Gasteiger partial charge is 0.283 e. The first-order valence-electron chi connectivity index (χ1n) is 0.538. The molecule has 0 aromatic heterocycles. The molecule has 0 aromatic carbocycles. The van der Waals surface area contributed by atoms with E-state index in [0.29, 0.717) is 0 Å². The summed E-state index contributed by atoms with van der Waals surface area (Å²) < 4.78 is 10.6. The van der Waals surface area contributed by atoms with Gasteiger partial charge in [-0.05, 0) is 0 Å². The molecule has 0 bridgehead atoms. The zero-order valence-corrected chi connectivity index (χ0v) is 4.70. The first-order chi connectivity index (χ1) is 1.73. The van der Waals surface area contributed by atoms with Crippen LogP contribution in [-0.2, 0) is 0 Å². The van der Waals surface area contributed by atoms with Crippen LogP contribution in [0.5, 0.6) is 0 Å². The first-order valence-corrected chi connectivity index (χ1v) is 4.51. The van der Waals surface area contributed by atoms with Gasteiger partial charge in [0.15, 0.2) is 0 Å². The minimum absolute atomic E-state index is 1.30. The van der Waals surface area contributed by atoms with Crippen LogP contribution in [0, 0.1) is 0 Å². The zero-order chi connectivity index (χ0) is 3.58. The maximum Gasteiger partial charge on any atom is 0.283 e. The van der Waals surface area contributed by atoms with Gasteiger partial charge in [-0.15, -0.1) is 0 Å². The number of hydrogen-bond donors (Lipinski definition) is 1. The van der Waals surface area contributed by atoms with Gasteiger partial charge in [0.05, 0.1) is 0 Å². The van der Waals surface area contributed by atoms with Crippen LogP contribution in [0.25, 0.3) is 0 Å². The summed E-state index contributed by atoms with van der Waals surface area (Å²) in [5.74, 6) is 0. The van der Waals surface area contributed by atoms with Crippen LogP contribution in [0.4, 0.5) is 4.20 Å². The second-order valence-electron chi connectivity index (χ2n) is 0.215. The van der Waals surface area contributed by atoms with Gasteiger partial charge in [-0.25, -0.2) is 0 Å². The van der Waals surface area contributed by atoms with Gasteiger partial charge in [0.2, 0.25) is 0 Å². The molecule has 26 valence electrons. The fourth-order valence-electron chi connectivity index (χ4n) is 0. The Balaban J connectivity index is 2.32. The number of hydrogen-bond acceptors (Lipinski definition) is 1. The quantitative estimate of drug-likeness (QED) is 0.458. The van der Waals surface area contributed by atoms with Crippen molar-refractivity contribution in [1.29, 1.82) is 0 Å². The zero-order valence-electron chi connectivity index (χ0n) is 1.65. The average molecular weight is 194 g/mol. The Bertz CT molecular complexity index is 12.8. The summed E-state index contributed by atoms with van der Waals surface area (Å²) in [7, 11) is 0. The lowest BCUT2D eigenvalue weighted by Gasteiger charge is -1.70. The average Bonchev–Trinajstić information content (AvgIpc) is 0.811. The molecule has 0 spiro atoms. The Hall–Kier alpha value is 1.05. The van der Waals surface area contributed by atoms with E-state index in [1.54, 1.807) is 0 Å². The Morgan fingerprint density at radius 2 is 2.00 bits per heavy atom. The molecular weight excluding hydrogens is 193 g/mol. The molecular formula is HFIOP. The molecule has 0 aromatic rings. The Kier molecular flexibility index (Phi) is 2.90.